The third kappa shape index (κ3) is 1.24. The molecule has 1 aromatic rings. The smallest absolute Gasteiger partial charge is 0.0874 e. The van der Waals surface area contributed by atoms with E-state index >= 15 is 0 Å². The Labute approximate surface area is 72.8 Å². The van der Waals surface area contributed by atoms with Gasteiger partial charge in [0.25, 0.3) is 0 Å². The normalized spacial score (nSPS) is 26.2. The molecular formula is C10H15NO. The number of aliphatic hydroxyl groups is 1. The van der Waals surface area contributed by atoms with Crippen molar-refractivity contribution in [2.24, 2.45) is 0 Å². The van der Waals surface area contributed by atoms with Crippen molar-refractivity contribution in [3.63, 3.8) is 0 Å². The van der Waals surface area contributed by atoms with Crippen molar-refractivity contribution in [1.29, 1.82) is 0 Å². The largest absolute Gasteiger partial charge is 0.385 e. The summed E-state index contributed by atoms with van der Waals surface area (Å²) in [5.41, 5.74) is 1.84. The molecule has 1 aliphatic rings. The summed E-state index contributed by atoms with van der Waals surface area (Å²) in [5, 5.41) is 9.85. The van der Waals surface area contributed by atoms with Crippen molar-refractivity contribution in [3.8, 4) is 0 Å². The molecule has 0 aliphatic heterocycles. The van der Waals surface area contributed by atoms with E-state index in [1.165, 1.54) is 5.56 Å². The number of fused-ring (bicyclic) bond motifs is 1. The van der Waals surface area contributed by atoms with Crippen molar-refractivity contribution >= 4 is 0 Å². The Balaban J connectivity index is 0.000000720. The van der Waals surface area contributed by atoms with Gasteiger partial charge >= 0.3 is 0 Å². The first kappa shape index (κ1) is 9.23. The highest BCUT2D eigenvalue weighted by molar-refractivity contribution is 5.36. The molecule has 1 aliphatic carbocycles. The van der Waals surface area contributed by atoms with E-state index in [1.807, 2.05) is 25.1 Å². The van der Waals surface area contributed by atoms with E-state index in [0.717, 1.165) is 18.4 Å². The van der Waals surface area contributed by atoms with E-state index < -0.39 is 5.60 Å². The second-order valence-corrected chi connectivity index (χ2v) is 3.43. The van der Waals surface area contributed by atoms with Gasteiger partial charge in [0.15, 0.2) is 0 Å². The summed E-state index contributed by atoms with van der Waals surface area (Å²) in [6.45, 7) is 1.89. The predicted octanol–water partition coefficient (Wildman–Crippen LogP) is 2.00. The van der Waals surface area contributed by atoms with Crippen LogP contribution >= 0.6 is 0 Å². The summed E-state index contributed by atoms with van der Waals surface area (Å²) in [6.07, 6.45) is 1.88. The van der Waals surface area contributed by atoms with E-state index in [4.69, 9.17) is 0 Å². The van der Waals surface area contributed by atoms with Crippen molar-refractivity contribution in [3.05, 3.63) is 35.4 Å². The first-order valence-corrected chi connectivity index (χ1v) is 4.01. The molecule has 2 rings (SSSR count). The fraction of sp³-hybridized carbons (Fsp3) is 0.400. The molecule has 12 heavy (non-hydrogen) atoms. The molecule has 0 aromatic heterocycles. The molecule has 1 unspecified atom stereocenters. The topological polar surface area (TPSA) is 55.2 Å². The van der Waals surface area contributed by atoms with Gasteiger partial charge in [-0.3, -0.25) is 0 Å². The Morgan fingerprint density at radius 3 is 2.67 bits per heavy atom. The molecule has 0 spiro atoms. The fourth-order valence-electron chi connectivity index (χ4n) is 1.78. The molecule has 0 bridgehead atoms. The lowest BCUT2D eigenvalue weighted by Crippen LogP contribution is -2.15. The first-order valence-electron chi connectivity index (χ1n) is 4.01. The van der Waals surface area contributed by atoms with Gasteiger partial charge in [0.05, 0.1) is 5.60 Å². The summed E-state index contributed by atoms with van der Waals surface area (Å²) in [7, 11) is 0. The standard InChI is InChI=1S/C10H12O.H3N/c1-10(11)7-6-8-4-2-3-5-9(8)10;/h2-5,11H,6-7H2,1H3;1H3. The molecule has 2 heteroatoms. The highest BCUT2D eigenvalue weighted by Gasteiger charge is 2.30. The number of aryl methyl sites for hydroxylation is 1. The van der Waals surface area contributed by atoms with Gasteiger partial charge in [-0.1, -0.05) is 24.3 Å². The molecule has 0 amide bonds. The maximum atomic E-state index is 9.85. The van der Waals surface area contributed by atoms with E-state index in [-0.39, 0.29) is 6.15 Å². The van der Waals surface area contributed by atoms with Crippen molar-refractivity contribution in [2.45, 2.75) is 25.4 Å². The molecule has 66 valence electrons. The molecule has 1 atom stereocenters. The van der Waals surface area contributed by atoms with Crippen LogP contribution in [-0.2, 0) is 12.0 Å². The van der Waals surface area contributed by atoms with Gasteiger partial charge in [0.2, 0.25) is 0 Å². The van der Waals surface area contributed by atoms with Crippen LogP contribution < -0.4 is 6.15 Å². The molecule has 0 saturated carbocycles. The van der Waals surface area contributed by atoms with Crippen molar-refractivity contribution < 1.29 is 5.11 Å². The number of rotatable bonds is 0. The van der Waals surface area contributed by atoms with Gasteiger partial charge in [-0.05, 0) is 30.9 Å². The van der Waals surface area contributed by atoms with E-state index in [0.29, 0.717) is 0 Å². The summed E-state index contributed by atoms with van der Waals surface area (Å²) in [4.78, 5) is 0. The third-order valence-corrected chi connectivity index (χ3v) is 2.48. The van der Waals surface area contributed by atoms with Crippen LogP contribution in [0.15, 0.2) is 24.3 Å². The van der Waals surface area contributed by atoms with Crippen LogP contribution in [0, 0.1) is 0 Å². The van der Waals surface area contributed by atoms with Gasteiger partial charge in [-0.25, -0.2) is 0 Å². The average Bonchev–Trinajstić information content (AvgIpc) is 2.29. The highest BCUT2D eigenvalue weighted by Crippen LogP contribution is 2.35. The zero-order valence-electron chi connectivity index (χ0n) is 7.38. The lowest BCUT2D eigenvalue weighted by molar-refractivity contribution is 0.0595. The Bertz CT molecular complexity index is 281. The van der Waals surface area contributed by atoms with Gasteiger partial charge in [-0.2, -0.15) is 0 Å². The number of hydrogen-bond donors (Lipinski definition) is 2. The van der Waals surface area contributed by atoms with Gasteiger partial charge < -0.3 is 11.3 Å². The predicted molar refractivity (Wildman–Crippen MR) is 49.4 cm³/mol. The van der Waals surface area contributed by atoms with Crippen LogP contribution in [-0.4, -0.2) is 5.11 Å². The van der Waals surface area contributed by atoms with Gasteiger partial charge in [0, 0.05) is 0 Å². The van der Waals surface area contributed by atoms with Crippen molar-refractivity contribution in [1.82, 2.24) is 6.15 Å². The highest BCUT2D eigenvalue weighted by atomic mass is 16.3. The molecule has 0 radical (unpaired) electrons. The molecule has 4 N–H and O–H groups in total. The maximum absolute atomic E-state index is 9.85. The number of hydrogen-bond acceptors (Lipinski definition) is 2. The summed E-state index contributed by atoms with van der Waals surface area (Å²) in [5.74, 6) is 0. The fourth-order valence-corrected chi connectivity index (χ4v) is 1.78. The average molecular weight is 165 g/mol. The van der Waals surface area contributed by atoms with Crippen LogP contribution in [0.3, 0.4) is 0 Å². The zero-order valence-corrected chi connectivity index (χ0v) is 7.38. The lowest BCUT2D eigenvalue weighted by Gasteiger charge is -2.16. The second kappa shape index (κ2) is 2.88. The van der Waals surface area contributed by atoms with Crippen LogP contribution in [0.1, 0.15) is 24.5 Å². The molecule has 0 heterocycles. The number of benzene rings is 1. The van der Waals surface area contributed by atoms with Gasteiger partial charge in [-0.15, -0.1) is 0 Å². The monoisotopic (exact) mass is 165 g/mol. The molecule has 2 nitrogen and oxygen atoms in total. The third-order valence-electron chi connectivity index (χ3n) is 2.48. The Kier molecular flexibility index (Phi) is 2.22. The Hall–Kier alpha value is -0.860. The molecular weight excluding hydrogens is 150 g/mol. The maximum Gasteiger partial charge on any atom is 0.0874 e. The SMILES string of the molecule is CC1(O)CCc2ccccc21.N. The lowest BCUT2D eigenvalue weighted by atomic mass is 9.99. The minimum atomic E-state index is -0.573. The molecule has 1 aromatic carbocycles. The second-order valence-electron chi connectivity index (χ2n) is 3.43. The van der Waals surface area contributed by atoms with E-state index in [2.05, 4.69) is 6.07 Å². The van der Waals surface area contributed by atoms with Crippen LogP contribution in [0.25, 0.3) is 0 Å². The van der Waals surface area contributed by atoms with E-state index in [1.54, 1.807) is 0 Å². The van der Waals surface area contributed by atoms with Crippen LogP contribution in [0.4, 0.5) is 0 Å². The Morgan fingerprint density at radius 1 is 1.33 bits per heavy atom. The summed E-state index contributed by atoms with van der Waals surface area (Å²) >= 11 is 0. The van der Waals surface area contributed by atoms with Gasteiger partial charge in [0.1, 0.15) is 0 Å². The van der Waals surface area contributed by atoms with E-state index in [9.17, 15) is 5.11 Å². The minimum absolute atomic E-state index is 0. The Morgan fingerprint density at radius 2 is 2.00 bits per heavy atom. The minimum Gasteiger partial charge on any atom is -0.385 e. The quantitative estimate of drug-likeness (QED) is 0.617. The van der Waals surface area contributed by atoms with Crippen LogP contribution in [0.5, 0.6) is 0 Å². The molecule has 0 saturated heterocycles. The summed E-state index contributed by atoms with van der Waals surface area (Å²) in [6, 6.07) is 8.12. The van der Waals surface area contributed by atoms with Crippen molar-refractivity contribution in [2.75, 3.05) is 0 Å². The zero-order chi connectivity index (χ0) is 7.90. The van der Waals surface area contributed by atoms with Crippen LogP contribution in [0.2, 0.25) is 0 Å². The molecule has 0 fully saturated rings. The first-order chi connectivity index (χ1) is 5.20. The summed E-state index contributed by atoms with van der Waals surface area (Å²) < 4.78 is 0.